The number of nitrogens with one attached hydrogen (secondary N) is 1. The summed E-state index contributed by atoms with van der Waals surface area (Å²) in [6.45, 7) is 9.22. The predicted octanol–water partition coefficient (Wildman–Crippen LogP) is 1.92. The maximum Gasteiger partial charge on any atom is 0.258 e. The molecule has 0 aliphatic carbocycles. The number of hydrogen-bond donors (Lipinski definition) is 1. The van der Waals surface area contributed by atoms with Crippen molar-refractivity contribution in [3.63, 3.8) is 0 Å². The van der Waals surface area contributed by atoms with Crippen LogP contribution in [0.2, 0.25) is 0 Å². The van der Waals surface area contributed by atoms with Gasteiger partial charge in [0.25, 0.3) is 5.91 Å². The van der Waals surface area contributed by atoms with Gasteiger partial charge in [0.2, 0.25) is 0 Å². The summed E-state index contributed by atoms with van der Waals surface area (Å²) >= 11 is 0. The lowest BCUT2D eigenvalue weighted by atomic mass is 10.00. The zero-order chi connectivity index (χ0) is 20.4. The van der Waals surface area contributed by atoms with Crippen molar-refractivity contribution in [3.05, 3.63) is 41.7 Å². The summed E-state index contributed by atoms with van der Waals surface area (Å²) in [6.07, 6.45) is 3.00. The van der Waals surface area contributed by atoms with Gasteiger partial charge >= 0.3 is 0 Å². The van der Waals surface area contributed by atoms with Gasteiger partial charge in [-0.05, 0) is 44.9 Å². The number of likely N-dealkylation sites (tertiary alicyclic amines) is 1. The van der Waals surface area contributed by atoms with Crippen molar-refractivity contribution in [2.75, 3.05) is 19.7 Å². The second-order valence-electron chi connectivity index (χ2n) is 8.84. The highest BCUT2D eigenvalue weighted by molar-refractivity contribution is 5.78. The molecule has 2 aliphatic rings. The van der Waals surface area contributed by atoms with Crippen molar-refractivity contribution in [2.45, 2.75) is 58.0 Å². The fraction of sp³-hybridized carbons (Fsp3) is 0.571. The molecule has 0 radical (unpaired) electrons. The number of piperidine rings is 1. The third kappa shape index (κ3) is 4.94. The molecule has 8 nitrogen and oxygen atoms in total. The van der Waals surface area contributed by atoms with Crippen LogP contribution in [0.15, 0.2) is 30.5 Å². The molecule has 1 aromatic heterocycles. The monoisotopic (exact) mass is 399 g/mol. The van der Waals surface area contributed by atoms with E-state index in [1.807, 2.05) is 37.6 Å². The standard InChI is InChI=1S/C21H29N5O3/c1-21(2,3)23-20(27)14-28-17-6-4-15(5-7-17)11-25-9-8-19-18(12-25)26-16(13-29-19)10-22-24-26/h4-7,10,18-19H,8-9,11-14H2,1-3H3,(H,23,27)/t18-,19+/m1/s1. The molecule has 1 aromatic carbocycles. The highest BCUT2D eigenvalue weighted by Crippen LogP contribution is 2.30. The van der Waals surface area contributed by atoms with Gasteiger partial charge in [0.1, 0.15) is 5.75 Å². The van der Waals surface area contributed by atoms with Crippen LogP contribution in [-0.2, 0) is 22.7 Å². The summed E-state index contributed by atoms with van der Waals surface area (Å²) in [5.74, 6) is 0.580. The van der Waals surface area contributed by atoms with Crippen LogP contribution in [0.25, 0.3) is 0 Å². The number of nitrogens with zero attached hydrogens (tertiary/aromatic N) is 4. The molecule has 1 N–H and O–H groups in total. The van der Waals surface area contributed by atoms with Gasteiger partial charge in [0.15, 0.2) is 6.61 Å². The fourth-order valence-corrected chi connectivity index (χ4v) is 3.94. The lowest BCUT2D eigenvalue weighted by Crippen LogP contribution is -2.47. The van der Waals surface area contributed by atoms with E-state index < -0.39 is 0 Å². The highest BCUT2D eigenvalue weighted by Gasteiger charge is 2.36. The molecular formula is C21H29N5O3. The van der Waals surface area contributed by atoms with Crippen molar-refractivity contribution in [1.29, 1.82) is 0 Å². The number of carbonyl (C=O) groups is 1. The third-order valence-corrected chi connectivity index (χ3v) is 5.23. The molecule has 1 fully saturated rings. The van der Waals surface area contributed by atoms with E-state index in [0.29, 0.717) is 12.4 Å². The Kier molecular flexibility index (Phi) is 5.56. The maximum atomic E-state index is 11.9. The number of amides is 1. The third-order valence-electron chi connectivity index (χ3n) is 5.23. The molecule has 0 unspecified atom stereocenters. The Morgan fingerprint density at radius 3 is 2.86 bits per heavy atom. The van der Waals surface area contributed by atoms with Crippen LogP contribution < -0.4 is 10.1 Å². The SMILES string of the molecule is CC(C)(C)NC(=O)COc1ccc(CN2CC[C@@H]3OCc4cnnn4[C@@H]3C2)cc1. The van der Waals surface area contributed by atoms with Gasteiger partial charge in [-0.25, -0.2) is 4.68 Å². The summed E-state index contributed by atoms with van der Waals surface area (Å²) in [6, 6.07) is 8.18. The first kappa shape index (κ1) is 19.8. The van der Waals surface area contributed by atoms with E-state index in [0.717, 1.165) is 31.7 Å². The van der Waals surface area contributed by atoms with Crippen molar-refractivity contribution in [2.24, 2.45) is 0 Å². The Hall–Kier alpha value is -2.45. The summed E-state index contributed by atoms with van der Waals surface area (Å²) in [5.41, 5.74) is 2.00. The molecule has 0 spiro atoms. The van der Waals surface area contributed by atoms with E-state index in [-0.39, 0.29) is 30.2 Å². The van der Waals surface area contributed by atoms with Crippen LogP contribution in [0.3, 0.4) is 0 Å². The second kappa shape index (κ2) is 8.12. The number of aromatic nitrogens is 3. The maximum absolute atomic E-state index is 11.9. The molecule has 0 saturated carbocycles. The minimum atomic E-state index is -0.256. The van der Waals surface area contributed by atoms with Gasteiger partial charge in [-0.15, -0.1) is 5.10 Å². The number of carbonyl (C=O) groups excluding carboxylic acids is 1. The van der Waals surface area contributed by atoms with Gasteiger partial charge in [-0.2, -0.15) is 0 Å². The van der Waals surface area contributed by atoms with E-state index >= 15 is 0 Å². The Bertz CT molecular complexity index is 843. The topological polar surface area (TPSA) is 81.5 Å². The van der Waals surface area contributed by atoms with Crippen LogP contribution in [-0.4, -0.2) is 57.1 Å². The smallest absolute Gasteiger partial charge is 0.258 e. The first-order chi connectivity index (χ1) is 13.9. The molecule has 2 aliphatic heterocycles. The molecule has 156 valence electrons. The first-order valence-corrected chi connectivity index (χ1v) is 10.1. The van der Waals surface area contributed by atoms with Crippen LogP contribution in [0.5, 0.6) is 5.75 Å². The molecule has 2 atom stereocenters. The van der Waals surface area contributed by atoms with Crippen LogP contribution in [0, 0.1) is 0 Å². The number of hydrogen-bond acceptors (Lipinski definition) is 6. The Balaban J connectivity index is 1.30. The minimum absolute atomic E-state index is 0.0199. The van der Waals surface area contributed by atoms with Gasteiger partial charge < -0.3 is 14.8 Å². The summed E-state index contributed by atoms with van der Waals surface area (Å²) in [4.78, 5) is 14.3. The predicted molar refractivity (Wildman–Crippen MR) is 107 cm³/mol. The van der Waals surface area contributed by atoms with Crippen molar-refractivity contribution >= 4 is 5.91 Å². The Morgan fingerprint density at radius 2 is 2.10 bits per heavy atom. The van der Waals surface area contributed by atoms with Gasteiger partial charge in [-0.3, -0.25) is 9.69 Å². The quantitative estimate of drug-likeness (QED) is 0.827. The van der Waals surface area contributed by atoms with Gasteiger partial charge in [0.05, 0.1) is 30.6 Å². The van der Waals surface area contributed by atoms with Crippen LogP contribution in [0.4, 0.5) is 0 Å². The molecule has 8 heteroatoms. The van der Waals surface area contributed by atoms with Crippen LogP contribution in [0.1, 0.15) is 44.5 Å². The molecule has 0 bridgehead atoms. The fourth-order valence-electron chi connectivity index (χ4n) is 3.94. The summed E-state index contributed by atoms with van der Waals surface area (Å²) < 4.78 is 13.6. The Morgan fingerprint density at radius 1 is 1.31 bits per heavy atom. The molecule has 2 aromatic rings. The molecule has 4 rings (SSSR count). The average Bonchev–Trinajstić information content (AvgIpc) is 3.15. The summed E-state index contributed by atoms with van der Waals surface area (Å²) in [5, 5.41) is 11.2. The molecule has 29 heavy (non-hydrogen) atoms. The van der Waals surface area contributed by atoms with E-state index in [1.165, 1.54) is 5.56 Å². The van der Waals surface area contributed by atoms with Gasteiger partial charge in [-0.1, -0.05) is 17.3 Å². The average molecular weight is 399 g/mol. The van der Waals surface area contributed by atoms with E-state index in [9.17, 15) is 4.79 Å². The lowest BCUT2D eigenvalue weighted by molar-refractivity contribution is -0.124. The van der Waals surface area contributed by atoms with Crippen LogP contribution >= 0.6 is 0 Å². The normalized spacial score (nSPS) is 21.9. The zero-order valence-electron chi connectivity index (χ0n) is 17.3. The first-order valence-electron chi connectivity index (χ1n) is 10.1. The number of rotatable bonds is 5. The molecule has 1 amide bonds. The van der Waals surface area contributed by atoms with Crippen molar-refractivity contribution in [1.82, 2.24) is 25.2 Å². The van der Waals surface area contributed by atoms with Crippen molar-refractivity contribution < 1.29 is 14.3 Å². The number of ether oxygens (including phenoxy) is 2. The summed E-state index contributed by atoms with van der Waals surface area (Å²) in [7, 11) is 0. The molecule has 1 saturated heterocycles. The number of fused-ring (bicyclic) bond motifs is 3. The van der Waals surface area contributed by atoms with E-state index in [1.54, 1.807) is 6.20 Å². The largest absolute Gasteiger partial charge is 0.484 e. The highest BCUT2D eigenvalue weighted by atomic mass is 16.5. The second-order valence-corrected chi connectivity index (χ2v) is 8.84. The lowest BCUT2D eigenvalue weighted by Gasteiger charge is -2.41. The Labute approximate surface area is 171 Å². The van der Waals surface area contributed by atoms with Crippen molar-refractivity contribution in [3.8, 4) is 5.75 Å². The minimum Gasteiger partial charge on any atom is -0.484 e. The zero-order valence-corrected chi connectivity index (χ0v) is 17.3. The molecular weight excluding hydrogens is 370 g/mol. The van der Waals surface area contributed by atoms with E-state index in [2.05, 4.69) is 32.7 Å². The van der Waals surface area contributed by atoms with E-state index in [4.69, 9.17) is 9.47 Å². The number of benzene rings is 1. The molecule has 3 heterocycles. The van der Waals surface area contributed by atoms with Gasteiger partial charge in [0, 0.05) is 25.2 Å².